The van der Waals surface area contributed by atoms with Gasteiger partial charge >= 0.3 is 6.36 Å². The number of H-pyrrole nitrogens is 1. The Balaban J connectivity index is 1.61. The van der Waals surface area contributed by atoms with Crippen molar-refractivity contribution in [3.8, 4) is 5.75 Å². The third kappa shape index (κ3) is 4.99. The monoisotopic (exact) mass is 377 g/mol. The minimum Gasteiger partial charge on any atom is -0.405 e. The van der Waals surface area contributed by atoms with E-state index in [2.05, 4.69) is 14.7 Å². The van der Waals surface area contributed by atoms with Gasteiger partial charge in [0, 0.05) is 32.0 Å². The number of imidazole rings is 1. The van der Waals surface area contributed by atoms with Crippen LogP contribution in [0, 0.1) is 0 Å². The zero-order valence-corrected chi connectivity index (χ0v) is 14.6. The number of benzene rings is 2. The second-order valence-corrected chi connectivity index (χ2v) is 6.11. The molecule has 0 saturated heterocycles. The first-order valence-electron chi connectivity index (χ1n) is 8.33. The number of ether oxygens (including phenoxy) is 1. The van der Waals surface area contributed by atoms with Gasteiger partial charge < -0.3 is 14.6 Å². The molecule has 2 aromatic carbocycles. The van der Waals surface area contributed by atoms with Gasteiger partial charge in [-0.1, -0.05) is 30.3 Å². The Labute approximate surface area is 153 Å². The second-order valence-electron chi connectivity index (χ2n) is 6.11. The minimum atomic E-state index is -4.78. The fraction of sp³-hybridized carbons (Fsp3) is 0.263. The number of hydrogen-bond donors (Lipinski definition) is 1. The van der Waals surface area contributed by atoms with Crippen LogP contribution in [0.4, 0.5) is 13.2 Å². The summed E-state index contributed by atoms with van der Waals surface area (Å²) in [5, 5.41) is 0. The SMILES string of the molecule is CN(Cc1ccccc1OC(F)(F)F)C(=O)CCc1nc2ccccc2[nH]1. The smallest absolute Gasteiger partial charge is 0.405 e. The van der Waals surface area contributed by atoms with E-state index in [9.17, 15) is 18.0 Å². The molecule has 0 fully saturated rings. The summed E-state index contributed by atoms with van der Waals surface area (Å²) in [4.78, 5) is 21.3. The molecule has 0 bridgehead atoms. The molecule has 3 rings (SSSR count). The summed E-state index contributed by atoms with van der Waals surface area (Å²) in [5.41, 5.74) is 2.01. The number of aromatic nitrogens is 2. The Morgan fingerprint density at radius 2 is 1.85 bits per heavy atom. The van der Waals surface area contributed by atoms with Crippen molar-refractivity contribution in [3.05, 3.63) is 59.9 Å². The lowest BCUT2D eigenvalue weighted by Gasteiger charge is -2.19. The van der Waals surface area contributed by atoms with E-state index in [1.165, 1.54) is 23.1 Å². The number of halogens is 3. The van der Waals surface area contributed by atoms with Crippen molar-refractivity contribution < 1.29 is 22.7 Å². The molecule has 0 unspecified atom stereocenters. The lowest BCUT2D eigenvalue weighted by Crippen LogP contribution is -2.27. The van der Waals surface area contributed by atoms with Crippen LogP contribution in [-0.2, 0) is 17.8 Å². The van der Waals surface area contributed by atoms with E-state index in [0.717, 1.165) is 11.0 Å². The molecule has 0 saturated carbocycles. The van der Waals surface area contributed by atoms with E-state index in [4.69, 9.17) is 0 Å². The fourth-order valence-electron chi connectivity index (χ4n) is 2.74. The molecule has 0 atom stereocenters. The maximum absolute atomic E-state index is 12.5. The molecule has 0 aliphatic rings. The van der Waals surface area contributed by atoms with Gasteiger partial charge in [0.2, 0.25) is 5.91 Å². The van der Waals surface area contributed by atoms with E-state index in [-0.39, 0.29) is 30.2 Å². The first-order valence-corrected chi connectivity index (χ1v) is 8.33. The van der Waals surface area contributed by atoms with Crippen molar-refractivity contribution in [3.63, 3.8) is 0 Å². The first kappa shape index (κ1) is 18.8. The number of amides is 1. The number of nitrogens with one attached hydrogen (secondary N) is 1. The van der Waals surface area contributed by atoms with E-state index in [1.807, 2.05) is 24.3 Å². The summed E-state index contributed by atoms with van der Waals surface area (Å²) in [6.07, 6.45) is -4.17. The highest BCUT2D eigenvalue weighted by atomic mass is 19.4. The van der Waals surface area contributed by atoms with Crippen LogP contribution in [0.5, 0.6) is 5.75 Å². The van der Waals surface area contributed by atoms with Gasteiger partial charge in [-0.3, -0.25) is 4.79 Å². The van der Waals surface area contributed by atoms with E-state index in [0.29, 0.717) is 12.2 Å². The predicted octanol–water partition coefficient (Wildman–Crippen LogP) is 4.05. The van der Waals surface area contributed by atoms with E-state index < -0.39 is 6.36 Å². The number of hydrogen-bond acceptors (Lipinski definition) is 3. The highest BCUT2D eigenvalue weighted by Gasteiger charge is 2.32. The average molecular weight is 377 g/mol. The Bertz CT molecular complexity index is 904. The van der Waals surface area contributed by atoms with Crippen LogP contribution in [0.3, 0.4) is 0 Å². The van der Waals surface area contributed by atoms with Crippen molar-refractivity contribution in [2.24, 2.45) is 0 Å². The summed E-state index contributed by atoms with van der Waals surface area (Å²) in [5.74, 6) is 0.193. The van der Waals surface area contributed by atoms with Crippen LogP contribution in [-0.4, -0.2) is 34.2 Å². The minimum absolute atomic E-state index is 0.0191. The van der Waals surface area contributed by atoms with Crippen molar-refractivity contribution in [1.82, 2.24) is 14.9 Å². The number of aryl methyl sites for hydroxylation is 1. The fourth-order valence-corrected chi connectivity index (χ4v) is 2.74. The number of nitrogens with zero attached hydrogens (tertiary/aromatic N) is 2. The van der Waals surface area contributed by atoms with Crippen LogP contribution < -0.4 is 4.74 Å². The van der Waals surface area contributed by atoms with Crippen molar-refractivity contribution in [2.45, 2.75) is 25.7 Å². The second kappa shape index (κ2) is 7.69. The molecule has 27 heavy (non-hydrogen) atoms. The normalized spacial score (nSPS) is 11.6. The largest absolute Gasteiger partial charge is 0.573 e. The first-order chi connectivity index (χ1) is 12.8. The maximum atomic E-state index is 12.5. The Morgan fingerprint density at radius 3 is 2.59 bits per heavy atom. The van der Waals surface area contributed by atoms with Crippen molar-refractivity contribution in [1.29, 1.82) is 0 Å². The van der Waals surface area contributed by atoms with Gasteiger partial charge in [0.25, 0.3) is 0 Å². The van der Waals surface area contributed by atoms with Gasteiger partial charge in [-0.05, 0) is 18.2 Å². The molecule has 0 spiro atoms. The number of fused-ring (bicyclic) bond motifs is 1. The zero-order valence-electron chi connectivity index (χ0n) is 14.6. The molecular formula is C19H18F3N3O2. The molecule has 0 aliphatic heterocycles. The molecule has 0 radical (unpaired) electrons. The summed E-state index contributed by atoms with van der Waals surface area (Å²) in [6.45, 7) is 0.0191. The standard InChI is InChI=1S/C19H18F3N3O2/c1-25(12-13-6-2-5-9-16(13)27-19(20,21)22)18(26)11-10-17-23-14-7-3-4-8-15(14)24-17/h2-9H,10-12H2,1H3,(H,23,24). The highest BCUT2D eigenvalue weighted by molar-refractivity contribution is 5.77. The summed E-state index contributed by atoms with van der Waals surface area (Å²) in [7, 11) is 1.55. The molecule has 5 nitrogen and oxygen atoms in total. The van der Waals surface area contributed by atoms with Gasteiger partial charge in [-0.15, -0.1) is 13.2 Å². The van der Waals surface area contributed by atoms with E-state index >= 15 is 0 Å². The molecular weight excluding hydrogens is 359 g/mol. The molecule has 1 amide bonds. The lowest BCUT2D eigenvalue weighted by molar-refractivity contribution is -0.275. The molecule has 3 aromatic rings. The lowest BCUT2D eigenvalue weighted by atomic mass is 10.2. The number of aromatic amines is 1. The Morgan fingerprint density at radius 1 is 1.15 bits per heavy atom. The number of carbonyl (C=O) groups is 1. The van der Waals surface area contributed by atoms with Crippen LogP contribution in [0.25, 0.3) is 11.0 Å². The Kier molecular flexibility index (Phi) is 5.34. The number of carbonyl (C=O) groups excluding carboxylic acids is 1. The van der Waals surface area contributed by atoms with Gasteiger partial charge in [0.05, 0.1) is 11.0 Å². The van der Waals surface area contributed by atoms with Crippen molar-refractivity contribution in [2.75, 3.05) is 7.05 Å². The molecule has 1 aromatic heterocycles. The van der Waals surface area contributed by atoms with Crippen molar-refractivity contribution >= 4 is 16.9 Å². The van der Waals surface area contributed by atoms with E-state index in [1.54, 1.807) is 13.1 Å². The number of rotatable bonds is 6. The van der Waals surface area contributed by atoms with Crippen LogP contribution >= 0.6 is 0 Å². The Hall–Kier alpha value is -3.03. The summed E-state index contributed by atoms with van der Waals surface area (Å²) in [6, 6.07) is 13.3. The van der Waals surface area contributed by atoms with Gasteiger partial charge in [-0.25, -0.2) is 4.98 Å². The third-order valence-corrected chi connectivity index (χ3v) is 4.05. The quantitative estimate of drug-likeness (QED) is 0.705. The number of para-hydroxylation sites is 3. The molecule has 0 aliphatic carbocycles. The summed E-state index contributed by atoms with van der Waals surface area (Å²) < 4.78 is 41.5. The van der Waals surface area contributed by atoms with Crippen LogP contribution in [0.15, 0.2) is 48.5 Å². The zero-order chi connectivity index (χ0) is 19.4. The highest BCUT2D eigenvalue weighted by Crippen LogP contribution is 2.27. The van der Waals surface area contributed by atoms with Gasteiger partial charge in [0.15, 0.2) is 0 Å². The van der Waals surface area contributed by atoms with Gasteiger partial charge in [0.1, 0.15) is 11.6 Å². The summed E-state index contributed by atoms with van der Waals surface area (Å²) >= 11 is 0. The van der Waals surface area contributed by atoms with Gasteiger partial charge in [-0.2, -0.15) is 0 Å². The van der Waals surface area contributed by atoms with Crippen LogP contribution in [0.2, 0.25) is 0 Å². The molecule has 1 heterocycles. The predicted molar refractivity (Wildman–Crippen MR) is 94.0 cm³/mol. The average Bonchev–Trinajstić information content (AvgIpc) is 3.03. The molecule has 142 valence electrons. The van der Waals surface area contributed by atoms with Crippen LogP contribution in [0.1, 0.15) is 17.8 Å². The molecule has 8 heteroatoms. The third-order valence-electron chi connectivity index (χ3n) is 4.05. The number of alkyl halides is 3. The molecule has 1 N–H and O–H groups in total. The maximum Gasteiger partial charge on any atom is 0.573 e. The topological polar surface area (TPSA) is 58.2 Å².